The van der Waals surface area contributed by atoms with Crippen LogP contribution >= 0.6 is 0 Å². The van der Waals surface area contributed by atoms with Crippen LogP contribution in [0.25, 0.3) is 0 Å². The van der Waals surface area contributed by atoms with E-state index in [-0.39, 0.29) is 23.1 Å². The van der Waals surface area contributed by atoms with E-state index < -0.39 is 16.9 Å². The van der Waals surface area contributed by atoms with Gasteiger partial charge in [0.05, 0.1) is 4.92 Å². The number of aromatic nitrogens is 2. The fourth-order valence-corrected chi connectivity index (χ4v) is 3.02. The van der Waals surface area contributed by atoms with E-state index >= 15 is 0 Å². The Morgan fingerprint density at radius 1 is 1.48 bits per heavy atom. The third-order valence-corrected chi connectivity index (χ3v) is 4.05. The van der Waals surface area contributed by atoms with Gasteiger partial charge in [0, 0.05) is 7.05 Å². The fraction of sp³-hybridized carbons (Fsp3) is 0.692. The van der Waals surface area contributed by atoms with Gasteiger partial charge in [-0.15, -0.1) is 0 Å². The summed E-state index contributed by atoms with van der Waals surface area (Å²) in [5, 5.41) is 27.5. The van der Waals surface area contributed by atoms with Crippen LogP contribution in [0.4, 0.5) is 11.5 Å². The smallest absolute Gasteiger partial charge is 0.333 e. The lowest BCUT2D eigenvalue weighted by atomic mass is 9.84. The van der Waals surface area contributed by atoms with Crippen LogP contribution in [0.5, 0.6) is 0 Å². The maximum atomic E-state index is 11.5. The number of rotatable bonds is 5. The molecular formula is C13H20N4O4. The van der Waals surface area contributed by atoms with Gasteiger partial charge in [0.1, 0.15) is 11.7 Å². The highest BCUT2D eigenvalue weighted by molar-refractivity contribution is 5.79. The van der Waals surface area contributed by atoms with Crippen molar-refractivity contribution in [3.8, 4) is 0 Å². The van der Waals surface area contributed by atoms with Crippen molar-refractivity contribution in [3.05, 3.63) is 15.8 Å². The number of hydrogen-bond donors (Lipinski definition) is 2. The third-order valence-electron chi connectivity index (χ3n) is 4.05. The van der Waals surface area contributed by atoms with E-state index in [1.54, 1.807) is 14.0 Å². The van der Waals surface area contributed by atoms with E-state index in [0.29, 0.717) is 0 Å². The first-order valence-corrected chi connectivity index (χ1v) is 7.09. The molecule has 21 heavy (non-hydrogen) atoms. The van der Waals surface area contributed by atoms with Gasteiger partial charge in [-0.1, -0.05) is 19.3 Å². The zero-order valence-electron chi connectivity index (χ0n) is 12.2. The molecule has 8 nitrogen and oxygen atoms in total. The van der Waals surface area contributed by atoms with Crippen LogP contribution in [0.15, 0.2) is 0 Å². The van der Waals surface area contributed by atoms with Crippen molar-refractivity contribution in [1.82, 2.24) is 9.78 Å². The largest absolute Gasteiger partial charge is 0.480 e. The summed E-state index contributed by atoms with van der Waals surface area (Å²) in [6.45, 7) is 1.54. The molecule has 1 atom stereocenters. The predicted molar refractivity (Wildman–Crippen MR) is 76.2 cm³/mol. The first-order chi connectivity index (χ1) is 9.91. The molecule has 1 fully saturated rings. The Morgan fingerprint density at radius 3 is 2.62 bits per heavy atom. The molecule has 0 aromatic carbocycles. The minimum atomic E-state index is -0.977. The maximum Gasteiger partial charge on any atom is 0.333 e. The van der Waals surface area contributed by atoms with Crippen molar-refractivity contribution in [1.29, 1.82) is 0 Å². The quantitative estimate of drug-likeness (QED) is 0.635. The van der Waals surface area contributed by atoms with Crippen LogP contribution in [-0.2, 0) is 11.8 Å². The lowest BCUT2D eigenvalue weighted by Crippen LogP contribution is -2.38. The van der Waals surface area contributed by atoms with Crippen molar-refractivity contribution in [2.75, 3.05) is 5.32 Å². The van der Waals surface area contributed by atoms with Crippen LogP contribution in [0.2, 0.25) is 0 Å². The highest BCUT2D eigenvalue weighted by Crippen LogP contribution is 2.32. The Bertz CT molecular complexity index is 549. The molecule has 0 bridgehead atoms. The van der Waals surface area contributed by atoms with Crippen LogP contribution in [0.1, 0.15) is 37.8 Å². The summed E-state index contributed by atoms with van der Waals surface area (Å²) in [6, 6.07) is -0.821. The second-order valence-electron chi connectivity index (χ2n) is 5.52. The highest BCUT2D eigenvalue weighted by atomic mass is 16.6. The lowest BCUT2D eigenvalue weighted by Gasteiger charge is -2.28. The molecule has 0 aliphatic heterocycles. The molecule has 2 rings (SSSR count). The molecule has 0 spiro atoms. The van der Waals surface area contributed by atoms with Gasteiger partial charge in [-0.05, 0) is 25.7 Å². The zero-order chi connectivity index (χ0) is 15.6. The molecule has 8 heteroatoms. The molecule has 0 amide bonds. The summed E-state index contributed by atoms with van der Waals surface area (Å²) in [4.78, 5) is 22.2. The van der Waals surface area contributed by atoms with E-state index in [4.69, 9.17) is 0 Å². The molecule has 1 unspecified atom stereocenters. The SMILES string of the molecule is Cc1nn(C)c(NC(C(=O)O)C2CCCCC2)c1[N+](=O)[O-]. The molecular weight excluding hydrogens is 276 g/mol. The van der Waals surface area contributed by atoms with E-state index in [1.807, 2.05) is 0 Å². The summed E-state index contributed by atoms with van der Waals surface area (Å²) < 4.78 is 1.34. The monoisotopic (exact) mass is 296 g/mol. The van der Waals surface area contributed by atoms with Crippen LogP contribution < -0.4 is 5.32 Å². The average Bonchev–Trinajstić information content (AvgIpc) is 2.70. The minimum absolute atomic E-state index is 0.00828. The van der Waals surface area contributed by atoms with Gasteiger partial charge in [-0.3, -0.25) is 10.1 Å². The topological polar surface area (TPSA) is 110 Å². The number of anilines is 1. The number of aliphatic carboxylic acids is 1. The molecule has 0 saturated heterocycles. The van der Waals surface area contributed by atoms with E-state index in [1.165, 1.54) is 4.68 Å². The molecule has 0 radical (unpaired) electrons. The molecule has 2 N–H and O–H groups in total. The van der Waals surface area contributed by atoms with Gasteiger partial charge < -0.3 is 10.4 Å². The molecule has 1 aromatic heterocycles. The van der Waals surface area contributed by atoms with Crippen molar-refractivity contribution in [3.63, 3.8) is 0 Å². The average molecular weight is 296 g/mol. The van der Waals surface area contributed by atoms with Crippen LogP contribution in [0.3, 0.4) is 0 Å². The molecule has 116 valence electrons. The van der Waals surface area contributed by atoms with Gasteiger partial charge in [0.25, 0.3) is 0 Å². The van der Waals surface area contributed by atoms with Gasteiger partial charge >= 0.3 is 11.7 Å². The summed E-state index contributed by atoms with van der Waals surface area (Å²) >= 11 is 0. The van der Waals surface area contributed by atoms with Gasteiger partial charge in [0.15, 0.2) is 0 Å². The van der Waals surface area contributed by atoms with Crippen molar-refractivity contribution < 1.29 is 14.8 Å². The van der Waals surface area contributed by atoms with Crippen molar-refractivity contribution in [2.45, 2.75) is 45.1 Å². The Hall–Kier alpha value is -2.12. The Kier molecular flexibility index (Phi) is 4.44. The van der Waals surface area contributed by atoms with Crippen LogP contribution in [0, 0.1) is 23.0 Å². The predicted octanol–water partition coefficient (Wildman–Crippen LogP) is 2.08. The summed E-state index contributed by atoms with van der Waals surface area (Å²) in [5.41, 5.74) is 0.123. The number of carboxylic acid groups (broad SMARTS) is 1. The lowest BCUT2D eigenvalue weighted by molar-refractivity contribution is -0.384. The number of aryl methyl sites for hydroxylation is 2. The van der Waals surface area contributed by atoms with Gasteiger partial charge in [-0.25, -0.2) is 9.48 Å². The summed E-state index contributed by atoms with van der Waals surface area (Å²) in [7, 11) is 1.57. The molecule has 1 aliphatic rings. The van der Waals surface area contributed by atoms with Crippen LogP contribution in [-0.4, -0.2) is 31.8 Å². The standard InChI is InChI=1S/C13H20N4O4/c1-8-11(17(20)21)12(16(2)15-8)14-10(13(18)19)9-6-4-3-5-7-9/h9-10,14H,3-7H2,1-2H3,(H,18,19). The minimum Gasteiger partial charge on any atom is -0.480 e. The van der Waals surface area contributed by atoms with Crippen molar-refractivity contribution >= 4 is 17.5 Å². The molecule has 1 aromatic rings. The Balaban J connectivity index is 2.28. The number of carboxylic acids is 1. The van der Waals surface area contributed by atoms with E-state index in [2.05, 4.69) is 10.4 Å². The van der Waals surface area contributed by atoms with Gasteiger partial charge in [-0.2, -0.15) is 5.10 Å². The normalized spacial score (nSPS) is 17.4. The highest BCUT2D eigenvalue weighted by Gasteiger charge is 2.33. The number of nitrogens with one attached hydrogen (secondary N) is 1. The first-order valence-electron chi connectivity index (χ1n) is 7.09. The first kappa shape index (κ1) is 15.3. The molecule has 1 heterocycles. The number of hydrogen-bond acceptors (Lipinski definition) is 5. The molecule has 1 saturated carbocycles. The third kappa shape index (κ3) is 3.14. The number of nitro groups is 1. The zero-order valence-corrected chi connectivity index (χ0v) is 12.2. The summed E-state index contributed by atoms with van der Waals surface area (Å²) in [5.74, 6) is -0.823. The second-order valence-corrected chi connectivity index (χ2v) is 5.52. The molecule has 1 aliphatic carbocycles. The number of carbonyl (C=O) groups is 1. The maximum absolute atomic E-state index is 11.5. The fourth-order valence-electron chi connectivity index (χ4n) is 3.02. The Labute approximate surface area is 122 Å². The second kappa shape index (κ2) is 6.11. The van der Waals surface area contributed by atoms with Gasteiger partial charge in [0.2, 0.25) is 5.82 Å². The van der Waals surface area contributed by atoms with E-state index in [9.17, 15) is 20.0 Å². The van der Waals surface area contributed by atoms with Crippen molar-refractivity contribution in [2.24, 2.45) is 13.0 Å². The van der Waals surface area contributed by atoms with E-state index in [0.717, 1.165) is 32.1 Å². The summed E-state index contributed by atoms with van der Waals surface area (Å²) in [6.07, 6.45) is 4.78. The number of nitrogens with zero attached hydrogens (tertiary/aromatic N) is 3. The Morgan fingerprint density at radius 2 is 2.10 bits per heavy atom.